The number of alkyl halides is 1. The van der Waals surface area contributed by atoms with Gasteiger partial charge in [-0.15, -0.1) is 0 Å². The summed E-state index contributed by atoms with van der Waals surface area (Å²) in [4.78, 5) is 4.79. The molecule has 0 amide bonds. The zero-order valence-electron chi connectivity index (χ0n) is 13.1. The minimum Gasteiger partial charge on any atom is -0.303 e. The van der Waals surface area contributed by atoms with Crippen molar-refractivity contribution in [3.05, 3.63) is 24.3 Å². The van der Waals surface area contributed by atoms with Crippen LogP contribution >= 0.6 is 0 Å². The van der Waals surface area contributed by atoms with Gasteiger partial charge in [-0.1, -0.05) is 31.2 Å². The number of hydrogen-bond donors (Lipinski definition) is 0. The molecule has 0 fully saturated rings. The first-order chi connectivity index (χ1) is 9.60. The molecule has 20 heavy (non-hydrogen) atoms. The number of nitrogens with zero attached hydrogens (tertiary/aromatic N) is 2. The van der Waals surface area contributed by atoms with E-state index in [1.165, 1.54) is 0 Å². The van der Waals surface area contributed by atoms with Gasteiger partial charge in [0.2, 0.25) is 0 Å². The van der Waals surface area contributed by atoms with Crippen LogP contribution in [0.25, 0.3) is 0 Å². The lowest BCUT2D eigenvalue weighted by Gasteiger charge is -2.32. The Bertz CT molecular complexity index is 351. The lowest BCUT2D eigenvalue weighted by molar-refractivity contribution is 0.152. The van der Waals surface area contributed by atoms with Gasteiger partial charge in [-0.3, -0.25) is 4.90 Å². The monoisotopic (exact) mass is 280 g/mol. The fourth-order valence-corrected chi connectivity index (χ4v) is 3.20. The van der Waals surface area contributed by atoms with Crippen molar-refractivity contribution in [3.63, 3.8) is 0 Å². The molecule has 3 heteroatoms. The minimum atomic E-state index is -0.820. The summed E-state index contributed by atoms with van der Waals surface area (Å²) in [6.07, 6.45) is 8.90. The van der Waals surface area contributed by atoms with Gasteiger partial charge < -0.3 is 4.90 Å². The molecule has 2 rings (SSSR count). The highest BCUT2D eigenvalue weighted by Crippen LogP contribution is 2.25. The summed E-state index contributed by atoms with van der Waals surface area (Å²) in [6, 6.07) is 0.410. The van der Waals surface area contributed by atoms with Gasteiger partial charge in [0, 0.05) is 32.2 Å². The molecule has 3 unspecified atom stereocenters. The highest BCUT2D eigenvalue weighted by molar-refractivity contribution is 5.07. The molecule has 0 radical (unpaired) electrons. The topological polar surface area (TPSA) is 6.48 Å². The van der Waals surface area contributed by atoms with Crippen LogP contribution in [0.3, 0.4) is 0 Å². The number of hydrogen-bond acceptors (Lipinski definition) is 2. The van der Waals surface area contributed by atoms with Crippen molar-refractivity contribution in [1.29, 1.82) is 0 Å². The van der Waals surface area contributed by atoms with Gasteiger partial charge in [0.1, 0.15) is 6.17 Å². The summed E-state index contributed by atoms with van der Waals surface area (Å²) in [7, 11) is 0. The Hall–Kier alpha value is -0.670. The van der Waals surface area contributed by atoms with E-state index in [4.69, 9.17) is 0 Å². The van der Waals surface area contributed by atoms with Gasteiger partial charge >= 0.3 is 0 Å². The molecule has 0 aromatic rings. The summed E-state index contributed by atoms with van der Waals surface area (Å²) in [6.45, 7) is 11.4. The zero-order valence-corrected chi connectivity index (χ0v) is 13.1. The fourth-order valence-electron chi connectivity index (χ4n) is 3.20. The van der Waals surface area contributed by atoms with Crippen LogP contribution < -0.4 is 0 Å². The Morgan fingerprint density at radius 3 is 2.55 bits per heavy atom. The van der Waals surface area contributed by atoms with Crippen molar-refractivity contribution in [2.45, 2.75) is 39.4 Å². The van der Waals surface area contributed by atoms with Crippen molar-refractivity contribution in [3.8, 4) is 0 Å². The zero-order chi connectivity index (χ0) is 14.5. The maximum Gasteiger partial charge on any atom is 0.131 e. The maximum atomic E-state index is 13.9. The molecule has 114 valence electrons. The van der Waals surface area contributed by atoms with E-state index in [-0.39, 0.29) is 0 Å². The Morgan fingerprint density at radius 2 is 1.85 bits per heavy atom. The lowest BCUT2D eigenvalue weighted by atomic mass is 9.90. The summed E-state index contributed by atoms with van der Waals surface area (Å²) >= 11 is 0. The summed E-state index contributed by atoms with van der Waals surface area (Å²) in [5.41, 5.74) is 0. The van der Waals surface area contributed by atoms with Gasteiger partial charge in [0.25, 0.3) is 0 Å². The molecule has 0 aliphatic carbocycles. The molecule has 3 atom stereocenters. The van der Waals surface area contributed by atoms with Crippen molar-refractivity contribution in [2.75, 3.05) is 32.7 Å². The molecule has 0 aromatic heterocycles. The van der Waals surface area contributed by atoms with E-state index in [9.17, 15) is 4.39 Å². The van der Waals surface area contributed by atoms with E-state index in [1.54, 1.807) is 6.08 Å². The van der Waals surface area contributed by atoms with Crippen LogP contribution in [0.4, 0.5) is 4.39 Å². The minimum absolute atomic E-state index is 0.410. The molecule has 0 spiro atoms. The Balaban J connectivity index is 2.09. The molecule has 0 saturated heterocycles. The van der Waals surface area contributed by atoms with E-state index in [0.717, 1.165) is 32.6 Å². The van der Waals surface area contributed by atoms with Gasteiger partial charge in [-0.2, -0.15) is 0 Å². The summed E-state index contributed by atoms with van der Waals surface area (Å²) in [5, 5.41) is 0. The molecule has 0 aromatic carbocycles. The van der Waals surface area contributed by atoms with Crippen molar-refractivity contribution in [2.24, 2.45) is 11.8 Å². The molecule has 2 nitrogen and oxygen atoms in total. The van der Waals surface area contributed by atoms with Crippen LogP contribution in [-0.2, 0) is 0 Å². The predicted octanol–water partition coefficient (Wildman–Crippen LogP) is 3.12. The van der Waals surface area contributed by atoms with Gasteiger partial charge in [0.15, 0.2) is 0 Å². The Morgan fingerprint density at radius 1 is 1.10 bits per heavy atom. The quantitative estimate of drug-likeness (QED) is 0.733. The van der Waals surface area contributed by atoms with Crippen molar-refractivity contribution < 1.29 is 4.39 Å². The molecule has 2 aliphatic heterocycles. The van der Waals surface area contributed by atoms with Gasteiger partial charge in [-0.05, 0) is 38.6 Å². The van der Waals surface area contributed by atoms with E-state index in [0.29, 0.717) is 24.4 Å². The molecule has 2 aliphatic rings. The predicted molar refractivity (Wildman–Crippen MR) is 83.6 cm³/mol. The largest absolute Gasteiger partial charge is 0.303 e. The third-order valence-electron chi connectivity index (χ3n) is 4.61. The lowest BCUT2D eigenvalue weighted by Crippen LogP contribution is -2.40. The first-order valence-corrected chi connectivity index (χ1v) is 8.05. The van der Waals surface area contributed by atoms with E-state index in [1.807, 2.05) is 0 Å². The van der Waals surface area contributed by atoms with Crippen molar-refractivity contribution >= 4 is 0 Å². The second kappa shape index (κ2) is 7.37. The first-order valence-electron chi connectivity index (χ1n) is 8.05. The average Bonchev–Trinajstić information content (AvgIpc) is 2.76. The van der Waals surface area contributed by atoms with Crippen LogP contribution in [0, 0.1) is 11.8 Å². The molecule has 0 saturated carbocycles. The smallest absolute Gasteiger partial charge is 0.131 e. The second-order valence-electron chi connectivity index (χ2n) is 6.39. The Kier molecular flexibility index (Phi) is 5.79. The molecule has 0 bridgehead atoms. The first kappa shape index (κ1) is 15.7. The maximum absolute atomic E-state index is 13.9. The van der Waals surface area contributed by atoms with Crippen LogP contribution in [0.15, 0.2) is 24.3 Å². The Labute approximate surface area is 123 Å². The van der Waals surface area contributed by atoms with Crippen LogP contribution in [0.2, 0.25) is 0 Å². The summed E-state index contributed by atoms with van der Waals surface area (Å²) in [5.74, 6) is 0.946. The van der Waals surface area contributed by atoms with E-state index in [2.05, 4.69) is 48.8 Å². The second-order valence-corrected chi connectivity index (χ2v) is 6.39. The highest BCUT2D eigenvalue weighted by atomic mass is 19.1. The molecular weight excluding hydrogens is 251 g/mol. The van der Waals surface area contributed by atoms with Crippen LogP contribution in [-0.4, -0.2) is 54.7 Å². The van der Waals surface area contributed by atoms with E-state index >= 15 is 0 Å². The molecule has 0 N–H and O–H groups in total. The van der Waals surface area contributed by atoms with Crippen molar-refractivity contribution in [1.82, 2.24) is 9.80 Å². The van der Waals surface area contributed by atoms with Gasteiger partial charge in [0.05, 0.1) is 0 Å². The van der Waals surface area contributed by atoms with Crippen LogP contribution in [0.5, 0.6) is 0 Å². The molecular formula is C17H29FN2. The van der Waals surface area contributed by atoms with E-state index < -0.39 is 6.17 Å². The normalized spacial score (nSPS) is 33.4. The highest BCUT2D eigenvalue weighted by Gasteiger charge is 2.27. The van der Waals surface area contributed by atoms with Crippen LogP contribution in [0.1, 0.15) is 27.2 Å². The third kappa shape index (κ3) is 4.16. The van der Waals surface area contributed by atoms with Gasteiger partial charge in [-0.25, -0.2) is 4.39 Å². The summed E-state index contributed by atoms with van der Waals surface area (Å²) < 4.78 is 13.9. The average molecular weight is 280 g/mol. The number of halogens is 1. The fraction of sp³-hybridized carbons (Fsp3) is 0.765. The SMILES string of the molecule is CCN1CCC=CC(C2C=CC(F)CN(C(C)C)C2)C1. The number of rotatable bonds is 3. The molecule has 2 heterocycles. The third-order valence-corrected chi connectivity index (χ3v) is 4.61. The standard InChI is InChI=1S/C17H29FN2/c1-4-19-10-6-5-7-15(11-19)16-8-9-17(18)13-20(12-16)14(2)3/h5,7-9,14-17H,4,6,10-13H2,1-3H3.